The van der Waals surface area contributed by atoms with Crippen LogP contribution in [0.25, 0.3) is 6.08 Å². The minimum atomic E-state index is -1.15. The molecule has 33 heavy (non-hydrogen) atoms. The maximum absolute atomic E-state index is 13.2. The van der Waals surface area contributed by atoms with E-state index in [-0.39, 0.29) is 22.7 Å². The first-order valence-corrected chi connectivity index (χ1v) is 9.86. The number of carboxylic acid groups (broad SMARTS) is 1. The van der Waals surface area contributed by atoms with E-state index in [0.29, 0.717) is 16.9 Å². The van der Waals surface area contributed by atoms with Crippen LogP contribution in [0.1, 0.15) is 26.3 Å². The monoisotopic (exact) mass is 446 g/mol. The molecular formula is C25H22N2O6. The molecule has 168 valence electrons. The summed E-state index contributed by atoms with van der Waals surface area (Å²) in [5.41, 5.74) is 1.04. The first kappa shape index (κ1) is 23.1. The lowest BCUT2D eigenvalue weighted by Gasteiger charge is -2.14. The smallest absolute Gasteiger partial charge is 0.335 e. The number of hydrogen-bond donors (Lipinski definition) is 3. The van der Waals surface area contributed by atoms with E-state index in [9.17, 15) is 19.5 Å². The van der Waals surface area contributed by atoms with Crippen LogP contribution in [0.5, 0.6) is 11.5 Å². The quantitative estimate of drug-likeness (QED) is 0.454. The summed E-state index contributed by atoms with van der Waals surface area (Å²) in [5.74, 6) is -1.45. The molecule has 0 unspecified atom stereocenters. The molecule has 0 spiro atoms. The fraction of sp³-hybridized carbons (Fsp3) is 0.0800. The largest absolute Gasteiger partial charge is 0.497 e. The molecule has 0 fully saturated rings. The summed E-state index contributed by atoms with van der Waals surface area (Å²) in [6.45, 7) is 0. The molecule has 0 aliphatic heterocycles. The number of benzene rings is 3. The van der Waals surface area contributed by atoms with Gasteiger partial charge in [-0.1, -0.05) is 30.3 Å². The molecule has 3 rings (SSSR count). The van der Waals surface area contributed by atoms with Crippen molar-refractivity contribution in [2.45, 2.75) is 0 Å². The minimum absolute atomic E-state index is 0.0299. The summed E-state index contributed by atoms with van der Waals surface area (Å²) in [7, 11) is 2.92. The standard InChI is InChI=1S/C25H22N2O6/c1-32-19-10-6-7-16(13-19)14-21(27-23(28)17-8-4-3-5-9-17)24(29)26-20-15-18(25(30)31)11-12-22(20)33-2/h3-15H,1-2H3,(H,26,29)(H,27,28)(H,30,31)/b21-14-. The molecule has 0 aliphatic rings. The van der Waals surface area contributed by atoms with Gasteiger partial charge in [-0.2, -0.15) is 0 Å². The number of amides is 2. The van der Waals surface area contributed by atoms with Crippen molar-refractivity contribution in [2.75, 3.05) is 19.5 Å². The maximum Gasteiger partial charge on any atom is 0.335 e. The van der Waals surface area contributed by atoms with Crippen molar-refractivity contribution < 1.29 is 29.0 Å². The Morgan fingerprint density at radius 3 is 2.27 bits per heavy atom. The number of carbonyl (C=O) groups is 3. The minimum Gasteiger partial charge on any atom is -0.497 e. The summed E-state index contributed by atoms with van der Waals surface area (Å²) >= 11 is 0. The third-order valence-corrected chi connectivity index (χ3v) is 4.63. The van der Waals surface area contributed by atoms with Crippen LogP contribution >= 0.6 is 0 Å². The lowest BCUT2D eigenvalue weighted by atomic mass is 10.1. The van der Waals surface area contributed by atoms with Crippen LogP contribution in [-0.2, 0) is 4.79 Å². The van der Waals surface area contributed by atoms with Crippen molar-refractivity contribution in [3.05, 3.63) is 95.2 Å². The van der Waals surface area contributed by atoms with E-state index in [4.69, 9.17) is 9.47 Å². The number of carbonyl (C=O) groups excluding carboxylic acids is 2. The van der Waals surface area contributed by atoms with Crippen LogP contribution in [-0.4, -0.2) is 37.1 Å². The van der Waals surface area contributed by atoms with E-state index in [2.05, 4.69) is 10.6 Å². The molecule has 0 bridgehead atoms. The highest BCUT2D eigenvalue weighted by Gasteiger charge is 2.18. The highest BCUT2D eigenvalue weighted by atomic mass is 16.5. The van der Waals surface area contributed by atoms with E-state index in [1.165, 1.54) is 38.5 Å². The van der Waals surface area contributed by atoms with E-state index in [1.54, 1.807) is 54.6 Å². The van der Waals surface area contributed by atoms with Gasteiger partial charge in [-0.05, 0) is 54.1 Å². The number of carboxylic acids is 1. The molecule has 0 aromatic heterocycles. The molecule has 0 saturated carbocycles. The maximum atomic E-state index is 13.2. The summed E-state index contributed by atoms with van der Waals surface area (Å²) in [6.07, 6.45) is 1.49. The van der Waals surface area contributed by atoms with Crippen LogP contribution in [0.4, 0.5) is 5.69 Å². The van der Waals surface area contributed by atoms with Gasteiger partial charge in [0.2, 0.25) is 0 Å². The lowest BCUT2D eigenvalue weighted by molar-refractivity contribution is -0.113. The second kappa shape index (κ2) is 10.6. The van der Waals surface area contributed by atoms with E-state index in [1.807, 2.05) is 0 Å². The van der Waals surface area contributed by atoms with Gasteiger partial charge in [0, 0.05) is 5.56 Å². The topological polar surface area (TPSA) is 114 Å². The Morgan fingerprint density at radius 1 is 0.848 bits per heavy atom. The SMILES string of the molecule is COc1cccc(/C=C(\NC(=O)c2ccccc2)C(=O)Nc2cc(C(=O)O)ccc2OC)c1. The van der Waals surface area contributed by atoms with Crippen LogP contribution in [0.2, 0.25) is 0 Å². The van der Waals surface area contributed by atoms with Gasteiger partial charge in [0.1, 0.15) is 17.2 Å². The van der Waals surface area contributed by atoms with Crippen molar-refractivity contribution in [2.24, 2.45) is 0 Å². The molecule has 0 saturated heterocycles. The third kappa shape index (κ3) is 5.98. The zero-order valence-electron chi connectivity index (χ0n) is 18.0. The Kier molecular flexibility index (Phi) is 7.43. The predicted octanol–water partition coefficient (Wildman–Crippen LogP) is 3.81. The highest BCUT2D eigenvalue weighted by molar-refractivity contribution is 6.11. The van der Waals surface area contributed by atoms with Gasteiger partial charge >= 0.3 is 5.97 Å². The van der Waals surface area contributed by atoms with Gasteiger partial charge in [0.05, 0.1) is 25.5 Å². The number of ether oxygens (including phenoxy) is 2. The van der Waals surface area contributed by atoms with Gasteiger partial charge in [-0.15, -0.1) is 0 Å². The Labute approximate surface area is 190 Å². The van der Waals surface area contributed by atoms with Crippen molar-refractivity contribution >= 4 is 29.5 Å². The fourth-order valence-corrected chi connectivity index (χ4v) is 2.97. The molecule has 8 heteroatoms. The Hall–Kier alpha value is -4.59. The van der Waals surface area contributed by atoms with Gasteiger partial charge in [0.25, 0.3) is 11.8 Å². The number of rotatable bonds is 8. The third-order valence-electron chi connectivity index (χ3n) is 4.63. The summed E-state index contributed by atoms with van der Waals surface area (Å²) in [6, 6.07) is 19.5. The summed E-state index contributed by atoms with van der Waals surface area (Å²) in [4.78, 5) is 37.2. The molecular weight excluding hydrogens is 424 g/mol. The zero-order valence-corrected chi connectivity index (χ0v) is 18.0. The zero-order chi connectivity index (χ0) is 23.8. The molecule has 3 N–H and O–H groups in total. The Balaban J connectivity index is 1.97. The number of hydrogen-bond acceptors (Lipinski definition) is 5. The number of anilines is 1. The molecule has 0 aliphatic carbocycles. The molecule has 0 radical (unpaired) electrons. The number of aromatic carboxylic acids is 1. The first-order valence-electron chi connectivity index (χ1n) is 9.86. The van der Waals surface area contributed by atoms with E-state index >= 15 is 0 Å². The van der Waals surface area contributed by atoms with Gasteiger partial charge < -0.3 is 25.2 Å². The molecule has 0 heterocycles. The normalized spacial score (nSPS) is 10.8. The van der Waals surface area contributed by atoms with Crippen LogP contribution in [0.15, 0.2) is 78.5 Å². The predicted molar refractivity (Wildman–Crippen MR) is 123 cm³/mol. The van der Waals surface area contributed by atoms with Crippen molar-refractivity contribution in [3.63, 3.8) is 0 Å². The molecule has 3 aromatic rings. The lowest BCUT2D eigenvalue weighted by Crippen LogP contribution is -2.30. The fourth-order valence-electron chi connectivity index (χ4n) is 2.97. The molecule has 8 nitrogen and oxygen atoms in total. The average Bonchev–Trinajstić information content (AvgIpc) is 2.84. The summed E-state index contributed by atoms with van der Waals surface area (Å²) in [5, 5.41) is 14.5. The van der Waals surface area contributed by atoms with Gasteiger partial charge in [-0.25, -0.2) is 4.79 Å². The van der Waals surface area contributed by atoms with Crippen molar-refractivity contribution in [1.82, 2.24) is 5.32 Å². The summed E-state index contributed by atoms with van der Waals surface area (Å²) < 4.78 is 10.4. The van der Waals surface area contributed by atoms with Crippen molar-refractivity contribution in [3.8, 4) is 11.5 Å². The van der Waals surface area contributed by atoms with Crippen LogP contribution in [0.3, 0.4) is 0 Å². The van der Waals surface area contributed by atoms with Gasteiger partial charge in [0.15, 0.2) is 0 Å². The number of nitrogens with one attached hydrogen (secondary N) is 2. The highest BCUT2D eigenvalue weighted by Crippen LogP contribution is 2.26. The molecule has 3 aromatic carbocycles. The molecule has 2 amide bonds. The number of methoxy groups -OCH3 is 2. The first-order chi connectivity index (χ1) is 15.9. The van der Waals surface area contributed by atoms with Gasteiger partial charge in [-0.3, -0.25) is 9.59 Å². The Bertz CT molecular complexity index is 1200. The second-order valence-corrected chi connectivity index (χ2v) is 6.83. The second-order valence-electron chi connectivity index (χ2n) is 6.83. The van der Waals surface area contributed by atoms with E-state index in [0.717, 1.165) is 0 Å². The Morgan fingerprint density at radius 2 is 1.61 bits per heavy atom. The van der Waals surface area contributed by atoms with E-state index < -0.39 is 17.8 Å². The van der Waals surface area contributed by atoms with Crippen LogP contribution < -0.4 is 20.1 Å². The average molecular weight is 446 g/mol. The van der Waals surface area contributed by atoms with Crippen molar-refractivity contribution in [1.29, 1.82) is 0 Å². The molecule has 0 atom stereocenters. The van der Waals surface area contributed by atoms with Crippen LogP contribution in [0, 0.1) is 0 Å².